The van der Waals surface area contributed by atoms with Crippen LogP contribution in [0.15, 0.2) is 83.8 Å². The highest BCUT2D eigenvalue weighted by Crippen LogP contribution is 2.26. The summed E-state index contributed by atoms with van der Waals surface area (Å²) in [4.78, 5) is 39.8. The van der Waals surface area contributed by atoms with E-state index in [1.165, 1.54) is 16.4 Å². The molecule has 3 aromatic rings. The lowest BCUT2D eigenvalue weighted by molar-refractivity contribution is -0.122. The summed E-state index contributed by atoms with van der Waals surface area (Å²) in [6.07, 6.45) is 3.95. The number of amides is 3. The van der Waals surface area contributed by atoms with Crippen molar-refractivity contribution in [3.05, 3.63) is 84.4 Å². The highest BCUT2D eigenvalue weighted by atomic mass is 32.2. The van der Waals surface area contributed by atoms with Gasteiger partial charge in [0.15, 0.2) is 0 Å². The number of anilines is 3. The van der Waals surface area contributed by atoms with Crippen molar-refractivity contribution in [3.63, 3.8) is 0 Å². The Morgan fingerprint density at radius 3 is 2.00 bits per heavy atom. The number of hydrogen-bond acceptors (Lipinski definition) is 5. The van der Waals surface area contributed by atoms with E-state index in [4.69, 9.17) is 0 Å². The van der Waals surface area contributed by atoms with E-state index >= 15 is 0 Å². The second-order valence-electron chi connectivity index (χ2n) is 10.1. The zero-order valence-corrected chi connectivity index (χ0v) is 22.9. The lowest BCUT2D eigenvalue weighted by atomic mass is 10.1. The summed E-state index contributed by atoms with van der Waals surface area (Å²) in [6.45, 7) is 1.37. The van der Waals surface area contributed by atoms with Crippen molar-refractivity contribution in [1.29, 1.82) is 0 Å². The SMILES string of the molecule is O=C(Nc1ccc(S(=O)(=O)N2CCCCCC2)cc1)c1ccc(NC(=O)C2CC(=O)N(c3ccccc3)C2)cc1. The number of rotatable bonds is 7. The fourth-order valence-corrected chi connectivity index (χ4v) is 6.55. The molecule has 2 saturated heterocycles. The Morgan fingerprint density at radius 2 is 1.35 bits per heavy atom. The molecule has 1 unspecified atom stereocenters. The minimum atomic E-state index is -3.56. The molecule has 2 aliphatic heterocycles. The molecule has 0 bridgehead atoms. The number of carbonyl (C=O) groups is 3. The quantitative estimate of drug-likeness (QED) is 0.442. The molecule has 0 saturated carbocycles. The zero-order valence-electron chi connectivity index (χ0n) is 22.1. The third-order valence-electron chi connectivity index (χ3n) is 7.29. The third-order valence-corrected chi connectivity index (χ3v) is 9.21. The number of benzene rings is 3. The molecule has 10 heteroatoms. The fourth-order valence-electron chi connectivity index (χ4n) is 5.03. The first-order chi connectivity index (χ1) is 19.3. The van der Waals surface area contributed by atoms with Crippen molar-refractivity contribution >= 4 is 44.8 Å². The number of nitrogens with zero attached hydrogens (tertiary/aromatic N) is 2. The first-order valence-corrected chi connectivity index (χ1v) is 14.9. The fraction of sp³-hybridized carbons (Fsp3) is 0.300. The number of nitrogens with one attached hydrogen (secondary N) is 2. The van der Waals surface area contributed by atoms with Crippen molar-refractivity contribution in [3.8, 4) is 0 Å². The van der Waals surface area contributed by atoms with Gasteiger partial charge in [-0.3, -0.25) is 14.4 Å². The highest BCUT2D eigenvalue weighted by Gasteiger charge is 2.35. The molecule has 208 valence electrons. The lowest BCUT2D eigenvalue weighted by Gasteiger charge is -2.20. The van der Waals surface area contributed by atoms with Gasteiger partial charge in [-0.15, -0.1) is 0 Å². The standard InChI is InChI=1S/C30H32N4O5S/c35-28-20-23(21-34(28)26-8-4-3-5-9-26)30(37)32-24-12-10-22(11-13-24)29(36)31-25-14-16-27(17-15-25)40(38,39)33-18-6-1-2-7-19-33/h3-5,8-17,23H,1-2,6-7,18-21H2,(H,31,36)(H,32,37). The van der Waals surface area contributed by atoms with Crippen LogP contribution in [0.5, 0.6) is 0 Å². The molecule has 3 aromatic carbocycles. The Morgan fingerprint density at radius 1 is 0.750 bits per heavy atom. The van der Waals surface area contributed by atoms with Crippen LogP contribution >= 0.6 is 0 Å². The van der Waals surface area contributed by atoms with E-state index in [9.17, 15) is 22.8 Å². The monoisotopic (exact) mass is 560 g/mol. The van der Waals surface area contributed by atoms with Crippen LogP contribution in [-0.2, 0) is 19.6 Å². The molecule has 2 aliphatic rings. The molecule has 2 heterocycles. The summed E-state index contributed by atoms with van der Waals surface area (Å²) in [5.41, 5.74) is 2.15. The average Bonchev–Trinajstić information content (AvgIpc) is 3.16. The first-order valence-electron chi connectivity index (χ1n) is 13.5. The molecule has 1 atom stereocenters. The van der Waals surface area contributed by atoms with E-state index in [1.807, 2.05) is 30.3 Å². The van der Waals surface area contributed by atoms with Gasteiger partial charge >= 0.3 is 0 Å². The molecular formula is C30H32N4O5S. The molecular weight excluding hydrogens is 528 g/mol. The average molecular weight is 561 g/mol. The normalized spacial score (nSPS) is 18.2. The van der Waals surface area contributed by atoms with Crippen LogP contribution in [0.4, 0.5) is 17.1 Å². The Balaban J connectivity index is 1.16. The minimum absolute atomic E-state index is 0.0917. The molecule has 5 rings (SSSR count). The van der Waals surface area contributed by atoms with Crippen molar-refractivity contribution in [2.24, 2.45) is 5.92 Å². The molecule has 0 spiro atoms. The van der Waals surface area contributed by atoms with Gasteiger partial charge in [0.25, 0.3) is 5.91 Å². The maximum absolute atomic E-state index is 13.0. The molecule has 3 amide bonds. The number of carbonyl (C=O) groups excluding carboxylic acids is 3. The third kappa shape index (κ3) is 6.24. The summed E-state index contributed by atoms with van der Waals surface area (Å²) < 4.78 is 27.5. The first kappa shape index (κ1) is 27.5. The molecule has 0 aromatic heterocycles. The van der Waals surface area contributed by atoms with Gasteiger partial charge in [0.05, 0.1) is 10.8 Å². The van der Waals surface area contributed by atoms with Crippen molar-refractivity contribution < 1.29 is 22.8 Å². The summed E-state index contributed by atoms with van der Waals surface area (Å²) in [5, 5.41) is 5.61. The van der Waals surface area contributed by atoms with Crippen LogP contribution in [0.25, 0.3) is 0 Å². The maximum atomic E-state index is 13.0. The van der Waals surface area contributed by atoms with Crippen LogP contribution < -0.4 is 15.5 Å². The van der Waals surface area contributed by atoms with Crippen molar-refractivity contribution in [2.75, 3.05) is 35.2 Å². The molecule has 2 fully saturated rings. The Labute approximate surface area is 234 Å². The van der Waals surface area contributed by atoms with Gasteiger partial charge in [-0.1, -0.05) is 31.0 Å². The second-order valence-corrected chi connectivity index (χ2v) is 12.0. The van der Waals surface area contributed by atoms with Crippen molar-refractivity contribution in [2.45, 2.75) is 37.0 Å². The summed E-state index contributed by atoms with van der Waals surface area (Å²) >= 11 is 0. The van der Waals surface area contributed by atoms with E-state index in [0.29, 0.717) is 36.6 Å². The zero-order chi connectivity index (χ0) is 28.1. The molecule has 40 heavy (non-hydrogen) atoms. The van der Waals surface area contributed by atoms with Gasteiger partial charge in [0.1, 0.15) is 0 Å². The largest absolute Gasteiger partial charge is 0.326 e. The van der Waals surface area contributed by atoms with Gasteiger partial charge < -0.3 is 15.5 Å². The van der Waals surface area contributed by atoms with Gasteiger partial charge in [-0.2, -0.15) is 4.31 Å². The molecule has 9 nitrogen and oxygen atoms in total. The van der Waals surface area contributed by atoms with Crippen LogP contribution in [0.1, 0.15) is 42.5 Å². The maximum Gasteiger partial charge on any atom is 0.255 e. The summed E-state index contributed by atoms with van der Waals surface area (Å²) in [5.74, 6) is -1.17. The number of para-hydroxylation sites is 1. The Bertz CT molecular complexity index is 1470. The minimum Gasteiger partial charge on any atom is -0.326 e. The highest BCUT2D eigenvalue weighted by molar-refractivity contribution is 7.89. The summed E-state index contributed by atoms with van der Waals surface area (Å²) in [7, 11) is -3.56. The summed E-state index contributed by atoms with van der Waals surface area (Å²) in [6, 6.07) is 21.9. The smallest absolute Gasteiger partial charge is 0.255 e. The molecule has 0 aliphatic carbocycles. The van der Waals surface area contributed by atoms with E-state index in [-0.39, 0.29) is 29.0 Å². The topological polar surface area (TPSA) is 116 Å². The number of sulfonamides is 1. The molecule has 2 N–H and O–H groups in total. The second kappa shape index (κ2) is 12.0. The molecule has 0 radical (unpaired) electrons. The predicted molar refractivity (Wildman–Crippen MR) is 154 cm³/mol. The van der Waals surface area contributed by atoms with Gasteiger partial charge in [-0.05, 0) is 73.5 Å². The van der Waals surface area contributed by atoms with Crippen LogP contribution in [-0.4, -0.2) is 50.1 Å². The Kier molecular flexibility index (Phi) is 8.27. The van der Waals surface area contributed by atoms with Crippen LogP contribution in [0, 0.1) is 5.92 Å². The Hall–Kier alpha value is -4.02. The van der Waals surface area contributed by atoms with E-state index in [2.05, 4.69) is 10.6 Å². The van der Waals surface area contributed by atoms with Crippen LogP contribution in [0.3, 0.4) is 0 Å². The van der Waals surface area contributed by atoms with E-state index in [1.54, 1.807) is 41.3 Å². The van der Waals surface area contributed by atoms with Gasteiger partial charge in [0.2, 0.25) is 21.8 Å². The van der Waals surface area contributed by atoms with Crippen molar-refractivity contribution in [1.82, 2.24) is 4.31 Å². The van der Waals surface area contributed by atoms with Crippen LogP contribution in [0.2, 0.25) is 0 Å². The van der Waals surface area contributed by atoms with Gasteiger partial charge in [-0.25, -0.2) is 8.42 Å². The van der Waals surface area contributed by atoms with E-state index < -0.39 is 15.9 Å². The predicted octanol–water partition coefficient (Wildman–Crippen LogP) is 4.50. The lowest BCUT2D eigenvalue weighted by Crippen LogP contribution is -2.31. The van der Waals surface area contributed by atoms with E-state index in [0.717, 1.165) is 31.4 Å². The van der Waals surface area contributed by atoms with Gasteiger partial charge in [0, 0.05) is 48.7 Å². The number of hydrogen-bond donors (Lipinski definition) is 2.